The Morgan fingerprint density at radius 2 is 1.09 bits per heavy atom. The van der Waals surface area contributed by atoms with Crippen molar-refractivity contribution in [2.45, 2.75) is 93.9 Å². The molecule has 1 aliphatic carbocycles. The maximum absolute atomic E-state index is 13.0. The molecule has 1 heterocycles. The van der Waals surface area contributed by atoms with Gasteiger partial charge >= 0.3 is 5.63 Å². The number of ketones is 2. The second-order valence-electron chi connectivity index (χ2n) is 15.1. The van der Waals surface area contributed by atoms with E-state index in [4.69, 9.17) is 13.9 Å². The number of allylic oxidation sites excluding steroid dienone is 8. The number of fused-ring (bicyclic) bond motifs is 3. The molecule has 0 spiro atoms. The van der Waals surface area contributed by atoms with E-state index in [1.165, 1.54) is 52.1 Å². The second-order valence-corrected chi connectivity index (χ2v) is 15.1. The quantitative estimate of drug-likeness (QED) is 0.0796. The summed E-state index contributed by atoms with van der Waals surface area (Å²) in [5.74, 6) is -0.584. The van der Waals surface area contributed by atoms with Gasteiger partial charge in [0.25, 0.3) is 0 Å². The first-order chi connectivity index (χ1) is 27.1. The van der Waals surface area contributed by atoms with E-state index in [9.17, 15) is 24.6 Å². The Morgan fingerprint density at radius 3 is 1.68 bits per heavy atom. The molecule has 0 aliphatic heterocycles. The van der Waals surface area contributed by atoms with Crippen molar-refractivity contribution in [1.82, 2.24) is 0 Å². The number of phenolic OH excluding ortho intramolecular Hbond substituents is 2. The average molecular weight is 773 g/mol. The van der Waals surface area contributed by atoms with Crippen LogP contribution >= 0.6 is 0 Å². The highest BCUT2D eigenvalue weighted by Gasteiger charge is 2.35. The third-order valence-corrected chi connectivity index (χ3v) is 9.47. The minimum absolute atomic E-state index is 0.0722. The lowest BCUT2D eigenvalue weighted by Gasteiger charge is -2.20. The molecular formula is C49H56O8. The molecule has 0 atom stereocenters. The van der Waals surface area contributed by atoms with Gasteiger partial charge in [0.05, 0.1) is 11.1 Å². The number of carbonyl (C=O) groups is 2. The van der Waals surface area contributed by atoms with E-state index in [0.717, 1.165) is 43.9 Å². The van der Waals surface area contributed by atoms with Crippen molar-refractivity contribution in [2.75, 3.05) is 13.2 Å². The molecule has 2 N–H and O–H groups in total. The molecule has 0 amide bonds. The smallest absolute Gasteiger partial charge is 0.336 e. The molecule has 0 saturated carbocycles. The molecule has 0 radical (unpaired) electrons. The van der Waals surface area contributed by atoms with Gasteiger partial charge in [-0.2, -0.15) is 0 Å². The van der Waals surface area contributed by atoms with Crippen LogP contribution in [0.3, 0.4) is 0 Å². The topological polar surface area (TPSA) is 123 Å². The lowest BCUT2D eigenvalue weighted by atomic mass is 9.82. The van der Waals surface area contributed by atoms with Crippen molar-refractivity contribution in [3.63, 3.8) is 0 Å². The summed E-state index contributed by atoms with van der Waals surface area (Å²) in [6.45, 7) is 17.3. The molecule has 1 aliphatic rings. The normalized spacial score (nSPS) is 12.7. The molecule has 1 aromatic heterocycles. The highest BCUT2D eigenvalue weighted by molar-refractivity contribution is 6.30. The van der Waals surface area contributed by atoms with Gasteiger partial charge in [0.15, 0.2) is 5.78 Å². The summed E-state index contributed by atoms with van der Waals surface area (Å²) in [5, 5.41) is 21.5. The number of hydrogen-bond donors (Lipinski definition) is 2. The zero-order valence-corrected chi connectivity index (χ0v) is 34.6. The van der Waals surface area contributed by atoms with Crippen LogP contribution in [0, 0.1) is 6.92 Å². The van der Waals surface area contributed by atoms with Gasteiger partial charge in [0.2, 0.25) is 5.78 Å². The average Bonchev–Trinajstić information content (AvgIpc) is 3.13. The molecule has 8 nitrogen and oxygen atoms in total. The largest absolute Gasteiger partial charge is 0.507 e. The maximum Gasteiger partial charge on any atom is 0.336 e. The van der Waals surface area contributed by atoms with Gasteiger partial charge in [0.1, 0.15) is 41.8 Å². The summed E-state index contributed by atoms with van der Waals surface area (Å²) in [7, 11) is 0. The fraction of sp³-hybridized carbons (Fsp3) is 0.327. The number of hydrogen-bond acceptors (Lipinski definition) is 8. The summed E-state index contributed by atoms with van der Waals surface area (Å²) >= 11 is 0. The maximum atomic E-state index is 13.0. The number of benzene rings is 3. The summed E-state index contributed by atoms with van der Waals surface area (Å²) in [4.78, 5) is 37.1. The van der Waals surface area contributed by atoms with Crippen LogP contribution in [-0.2, 0) is 0 Å². The molecule has 4 aromatic rings. The van der Waals surface area contributed by atoms with Gasteiger partial charge in [0, 0.05) is 34.7 Å². The molecule has 0 fully saturated rings. The van der Waals surface area contributed by atoms with Crippen LogP contribution in [0.15, 0.2) is 122 Å². The van der Waals surface area contributed by atoms with E-state index in [0.29, 0.717) is 29.3 Å². The van der Waals surface area contributed by atoms with Gasteiger partial charge < -0.3 is 24.1 Å². The van der Waals surface area contributed by atoms with Gasteiger partial charge in [-0.1, -0.05) is 46.1 Å². The first-order valence-corrected chi connectivity index (χ1v) is 19.5. The first kappa shape index (κ1) is 43.8. The Labute approximate surface area is 336 Å². The summed E-state index contributed by atoms with van der Waals surface area (Å²) in [6.07, 6.45) is 17.1. The van der Waals surface area contributed by atoms with Crippen molar-refractivity contribution < 1.29 is 33.7 Å². The molecule has 0 bridgehead atoms. The molecule has 0 unspecified atom stereocenters. The van der Waals surface area contributed by atoms with Crippen LogP contribution in [0.2, 0.25) is 0 Å². The predicted molar refractivity (Wildman–Crippen MR) is 229 cm³/mol. The molecule has 8 heteroatoms. The molecule has 0 saturated heterocycles. The summed E-state index contributed by atoms with van der Waals surface area (Å²) < 4.78 is 16.7. The number of carbonyl (C=O) groups excluding carboxylic acids is 2. The van der Waals surface area contributed by atoms with Crippen LogP contribution in [-0.4, -0.2) is 35.0 Å². The lowest BCUT2D eigenvalue weighted by molar-refractivity contribution is 0.0974. The van der Waals surface area contributed by atoms with Crippen LogP contribution in [0.1, 0.15) is 124 Å². The van der Waals surface area contributed by atoms with Crippen LogP contribution < -0.4 is 15.1 Å². The number of ether oxygens (including phenoxy) is 2. The summed E-state index contributed by atoms with van der Waals surface area (Å²) in [5.41, 5.74) is 7.53. The number of phenols is 2. The highest BCUT2D eigenvalue weighted by Crippen LogP contribution is 2.39. The monoisotopic (exact) mass is 772 g/mol. The SMILES string of the molecule is CC(C)=CCC/C(C)=C/CC/C(C)=C/COc1ccc2ccc(=O)oc2c1.CC(C)=CCC/C(C)=C/COc1cc(O)c2c(c1)C(=O)c1cc(C)cc(O)c1C2=O. The molecule has 5 rings (SSSR count). The van der Waals surface area contributed by atoms with E-state index in [2.05, 4.69) is 65.8 Å². The van der Waals surface area contributed by atoms with Crippen molar-refractivity contribution in [1.29, 1.82) is 0 Å². The Hall–Kier alpha value is -5.89. The van der Waals surface area contributed by atoms with Crippen molar-refractivity contribution in [3.05, 3.63) is 151 Å². The molecule has 300 valence electrons. The first-order valence-electron chi connectivity index (χ1n) is 19.5. The van der Waals surface area contributed by atoms with E-state index < -0.39 is 11.6 Å². The molecular weight excluding hydrogens is 717 g/mol. The Bertz CT molecular complexity index is 2300. The number of aryl methyl sites for hydroxylation is 1. The van der Waals surface area contributed by atoms with E-state index in [1.807, 2.05) is 25.1 Å². The van der Waals surface area contributed by atoms with Crippen LogP contribution in [0.25, 0.3) is 11.0 Å². The fourth-order valence-electron chi connectivity index (χ4n) is 6.28. The fourth-order valence-corrected chi connectivity index (χ4v) is 6.28. The predicted octanol–water partition coefficient (Wildman–Crippen LogP) is 11.8. The van der Waals surface area contributed by atoms with E-state index in [1.54, 1.807) is 25.1 Å². The number of rotatable bonds is 15. The zero-order chi connectivity index (χ0) is 41.6. The zero-order valence-electron chi connectivity index (χ0n) is 34.6. The third kappa shape index (κ3) is 13.1. The highest BCUT2D eigenvalue weighted by atomic mass is 16.5. The molecule has 3 aromatic carbocycles. The Balaban J connectivity index is 0.000000254. The van der Waals surface area contributed by atoms with E-state index >= 15 is 0 Å². The second kappa shape index (κ2) is 20.9. The Morgan fingerprint density at radius 1 is 0.579 bits per heavy atom. The minimum atomic E-state index is -0.573. The Kier molecular flexibility index (Phi) is 16.0. The third-order valence-electron chi connectivity index (χ3n) is 9.47. The molecule has 57 heavy (non-hydrogen) atoms. The van der Waals surface area contributed by atoms with Crippen molar-refractivity contribution >= 4 is 22.5 Å². The van der Waals surface area contributed by atoms with E-state index in [-0.39, 0.29) is 46.0 Å². The van der Waals surface area contributed by atoms with Gasteiger partial charge in [-0.05, 0) is 148 Å². The number of aromatic hydroxyl groups is 2. The van der Waals surface area contributed by atoms with Gasteiger partial charge in [-0.15, -0.1) is 0 Å². The van der Waals surface area contributed by atoms with Gasteiger partial charge in [-0.3, -0.25) is 9.59 Å². The van der Waals surface area contributed by atoms with Crippen molar-refractivity contribution in [3.8, 4) is 23.0 Å². The van der Waals surface area contributed by atoms with Crippen molar-refractivity contribution in [2.24, 2.45) is 0 Å². The standard InChI is InChI=1S/C25H26O5.C24H30O3/c1-14(2)6-5-7-15(3)8-9-30-17-12-19-23(21(27)13-17)25(29)22-18(24(19)28)10-16(4)11-20(22)26;1-18(2)7-5-8-19(3)9-6-10-20(4)15-16-26-22-13-11-21-12-14-24(25)27-23(21)17-22/h6,8,10-13,26-27H,5,7,9H2,1-4H3;7,9,11-15,17H,5-6,8,10,16H2,1-4H3/b15-8+;19-9+,20-15+. The summed E-state index contributed by atoms with van der Waals surface area (Å²) in [6, 6.07) is 14.5. The van der Waals surface area contributed by atoms with Crippen LogP contribution in [0.5, 0.6) is 23.0 Å². The minimum Gasteiger partial charge on any atom is -0.507 e. The van der Waals surface area contributed by atoms with Gasteiger partial charge in [-0.25, -0.2) is 4.79 Å². The van der Waals surface area contributed by atoms with Crippen LogP contribution in [0.4, 0.5) is 0 Å². The lowest BCUT2D eigenvalue weighted by Crippen LogP contribution is -2.21.